The van der Waals surface area contributed by atoms with Crippen LogP contribution in [0.25, 0.3) is 55.3 Å². The van der Waals surface area contributed by atoms with Crippen LogP contribution in [0.4, 0.5) is 17.1 Å². The Kier molecular flexibility index (Phi) is 9.90. The monoisotopic (exact) mass is 889 g/mol. The van der Waals surface area contributed by atoms with Crippen molar-refractivity contribution in [2.75, 3.05) is 4.90 Å². The van der Waals surface area contributed by atoms with Crippen LogP contribution in [0.3, 0.4) is 0 Å². The maximum Gasteiger partial charge on any atom is 0.132 e. The summed E-state index contributed by atoms with van der Waals surface area (Å²) in [5.74, 6) is 1.81. The third-order valence-corrected chi connectivity index (χ3v) is 14.7. The lowest BCUT2D eigenvalue weighted by Gasteiger charge is -2.41. The first-order valence-corrected chi connectivity index (χ1v) is 24.3. The number of anilines is 3. The minimum Gasteiger partial charge on any atom is -0.457 e. The van der Waals surface area contributed by atoms with E-state index in [0.717, 1.165) is 50.8 Å². The highest BCUT2D eigenvalue weighted by molar-refractivity contribution is 6.03. The van der Waals surface area contributed by atoms with Gasteiger partial charge in [-0.05, 0) is 120 Å². The molecule has 0 amide bonds. The molecule has 12 rings (SSSR count). The molecular formula is C67H55NO. The second-order valence-corrected chi connectivity index (χ2v) is 20.9. The van der Waals surface area contributed by atoms with Gasteiger partial charge in [-0.25, -0.2) is 0 Å². The van der Waals surface area contributed by atoms with Crippen LogP contribution in [-0.2, 0) is 16.2 Å². The zero-order valence-corrected chi connectivity index (χ0v) is 40.2. The average molecular weight is 890 g/mol. The third-order valence-electron chi connectivity index (χ3n) is 14.7. The molecule has 0 radical (unpaired) electrons. The molecule has 0 saturated carbocycles. The summed E-state index contributed by atoms with van der Waals surface area (Å²) >= 11 is 0. The van der Waals surface area contributed by atoms with Gasteiger partial charge in [0, 0.05) is 27.6 Å². The van der Waals surface area contributed by atoms with E-state index in [-0.39, 0.29) is 10.8 Å². The normalized spacial score (nSPS) is 13.3. The first-order chi connectivity index (χ1) is 33.5. The zero-order chi connectivity index (χ0) is 47.1. The second-order valence-electron chi connectivity index (χ2n) is 20.9. The van der Waals surface area contributed by atoms with Gasteiger partial charge in [0.05, 0.1) is 22.5 Å². The van der Waals surface area contributed by atoms with Gasteiger partial charge in [-0.3, -0.25) is 0 Å². The summed E-state index contributed by atoms with van der Waals surface area (Å²) in [7, 11) is 0. The van der Waals surface area contributed by atoms with Crippen LogP contribution in [0.1, 0.15) is 74.9 Å². The molecule has 10 aromatic carbocycles. The maximum atomic E-state index is 7.00. The van der Waals surface area contributed by atoms with Crippen molar-refractivity contribution in [2.45, 2.75) is 57.8 Å². The molecule has 2 heteroatoms. The van der Waals surface area contributed by atoms with Gasteiger partial charge in [-0.2, -0.15) is 0 Å². The summed E-state index contributed by atoms with van der Waals surface area (Å²) in [4.78, 5) is 2.50. The fourth-order valence-electron chi connectivity index (χ4n) is 11.1. The van der Waals surface area contributed by atoms with Crippen molar-refractivity contribution in [3.63, 3.8) is 0 Å². The van der Waals surface area contributed by atoms with E-state index < -0.39 is 5.41 Å². The van der Waals surface area contributed by atoms with Gasteiger partial charge in [-0.15, -0.1) is 0 Å². The van der Waals surface area contributed by atoms with Gasteiger partial charge >= 0.3 is 0 Å². The predicted octanol–water partition coefficient (Wildman–Crippen LogP) is 18.4. The lowest BCUT2D eigenvalue weighted by molar-refractivity contribution is 0.433. The number of hydrogen-bond donors (Lipinski definition) is 0. The topological polar surface area (TPSA) is 12.5 Å². The molecule has 0 fully saturated rings. The summed E-state index contributed by atoms with van der Waals surface area (Å²) in [5, 5.41) is 2.38. The Morgan fingerprint density at radius 3 is 1.46 bits per heavy atom. The van der Waals surface area contributed by atoms with E-state index in [4.69, 9.17) is 4.74 Å². The van der Waals surface area contributed by atoms with Crippen LogP contribution in [-0.4, -0.2) is 0 Å². The molecule has 10 aromatic rings. The van der Waals surface area contributed by atoms with Crippen LogP contribution < -0.4 is 9.64 Å². The van der Waals surface area contributed by atoms with E-state index in [1.54, 1.807) is 0 Å². The van der Waals surface area contributed by atoms with Crippen molar-refractivity contribution < 1.29 is 4.74 Å². The summed E-state index contributed by atoms with van der Waals surface area (Å²) in [6.45, 7) is 13.8. The van der Waals surface area contributed by atoms with Crippen LogP contribution >= 0.6 is 0 Å². The zero-order valence-electron chi connectivity index (χ0n) is 40.2. The van der Waals surface area contributed by atoms with Gasteiger partial charge in [0.1, 0.15) is 11.5 Å². The van der Waals surface area contributed by atoms with Crippen LogP contribution in [0.15, 0.2) is 224 Å². The highest BCUT2D eigenvalue weighted by atomic mass is 16.5. The van der Waals surface area contributed by atoms with Crippen LogP contribution in [0.2, 0.25) is 0 Å². The standard InChI is InChI=1S/C67H55NO/c1-65(2,3)49-36-39-63-58(42-49)67(59-43-50(66(4,5)6)37-40-64(59)69-63)56-27-15-12-26-54(56)55-38-35-48(41-57(55)67)53-25-14-17-29-61(53)68(62-30-18-22-46-21-10-11-23-51(46)62)60-28-16-13-24-52(60)47-33-31-45(32-34-47)44-19-8-7-9-20-44/h7-43H,1-6H3. The lowest BCUT2D eigenvalue weighted by atomic mass is 9.64. The Labute approximate surface area is 407 Å². The van der Waals surface area contributed by atoms with Crippen molar-refractivity contribution in [3.8, 4) is 56.0 Å². The summed E-state index contributed by atoms with van der Waals surface area (Å²) in [6, 6.07) is 83.1. The number of para-hydroxylation sites is 2. The Bertz CT molecular complexity index is 3540. The summed E-state index contributed by atoms with van der Waals surface area (Å²) < 4.78 is 7.00. The number of ether oxygens (including phenoxy) is 1. The molecule has 2 aliphatic rings. The number of rotatable bonds is 6. The first kappa shape index (κ1) is 42.4. The first-order valence-electron chi connectivity index (χ1n) is 24.3. The highest BCUT2D eigenvalue weighted by Gasteiger charge is 2.52. The molecule has 334 valence electrons. The quantitative estimate of drug-likeness (QED) is 0.165. The van der Waals surface area contributed by atoms with Gasteiger partial charge in [0.25, 0.3) is 0 Å². The summed E-state index contributed by atoms with van der Waals surface area (Å²) in [5.41, 5.74) is 19.6. The average Bonchev–Trinajstić information content (AvgIpc) is 3.66. The van der Waals surface area contributed by atoms with E-state index in [1.165, 1.54) is 66.4 Å². The molecule has 0 atom stereocenters. The molecule has 0 unspecified atom stereocenters. The molecule has 0 saturated heterocycles. The van der Waals surface area contributed by atoms with Gasteiger partial charge in [0.2, 0.25) is 0 Å². The second kappa shape index (κ2) is 16.1. The van der Waals surface area contributed by atoms with E-state index in [0.29, 0.717) is 0 Å². The number of nitrogens with zero attached hydrogens (tertiary/aromatic N) is 1. The van der Waals surface area contributed by atoms with Gasteiger partial charge < -0.3 is 9.64 Å². The maximum absolute atomic E-state index is 7.00. The lowest BCUT2D eigenvalue weighted by Crippen LogP contribution is -2.33. The van der Waals surface area contributed by atoms with Crippen molar-refractivity contribution in [1.29, 1.82) is 0 Å². The van der Waals surface area contributed by atoms with E-state index >= 15 is 0 Å². The summed E-state index contributed by atoms with van der Waals surface area (Å²) in [6.07, 6.45) is 0. The fraction of sp³-hybridized carbons (Fsp3) is 0.134. The molecule has 0 aromatic heterocycles. The Balaban J connectivity index is 1.11. The molecular weight excluding hydrogens is 835 g/mol. The van der Waals surface area contributed by atoms with Crippen LogP contribution in [0, 0.1) is 0 Å². The van der Waals surface area contributed by atoms with Crippen LogP contribution in [0.5, 0.6) is 11.5 Å². The molecule has 1 spiro atoms. The molecule has 1 aliphatic carbocycles. The number of fused-ring (bicyclic) bond motifs is 10. The predicted molar refractivity (Wildman–Crippen MR) is 290 cm³/mol. The smallest absolute Gasteiger partial charge is 0.132 e. The Hall–Kier alpha value is -7.94. The van der Waals surface area contributed by atoms with Crippen molar-refractivity contribution in [2.24, 2.45) is 0 Å². The van der Waals surface area contributed by atoms with Crippen molar-refractivity contribution in [3.05, 3.63) is 258 Å². The molecule has 1 heterocycles. The largest absolute Gasteiger partial charge is 0.457 e. The molecule has 0 N–H and O–H groups in total. The Morgan fingerprint density at radius 2 is 0.812 bits per heavy atom. The SMILES string of the molecule is CC(C)(C)c1ccc2c(c1)C1(c3cc(C(C)(C)C)ccc3O2)c2ccccc2-c2ccc(-c3ccccc3N(c3ccccc3-c3ccc(-c4ccccc4)cc3)c3cccc4ccccc34)cc21. The van der Waals surface area contributed by atoms with Gasteiger partial charge in [0.15, 0.2) is 0 Å². The van der Waals surface area contributed by atoms with E-state index in [2.05, 4.69) is 271 Å². The molecule has 2 nitrogen and oxygen atoms in total. The molecule has 0 bridgehead atoms. The minimum atomic E-state index is -0.643. The van der Waals surface area contributed by atoms with Gasteiger partial charge in [-0.1, -0.05) is 217 Å². The highest BCUT2D eigenvalue weighted by Crippen LogP contribution is 2.63. The number of benzene rings is 10. The minimum absolute atomic E-state index is 0.0726. The third kappa shape index (κ3) is 6.92. The Morgan fingerprint density at radius 1 is 0.333 bits per heavy atom. The van der Waals surface area contributed by atoms with E-state index in [1.807, 2.05) is 0 Å². The number of hydrogen-bond acceptors (Lipinski definition) is 2. The fourth-order valence-corrected chi connectivity index (χ4v) is 11.1. The van der Waals surface area contributed by atoms with Crippen molar-refractivity contribution >= 4 is 27.8 Å². The molecule has 1 aliphatic heterocycles. The van der Waals surface area contributed by atoms with E-state index in [9.17, 15) is 0 Å². The molecule has 69 heavy (non-hydrogen) atoms. The van der Waals surface area contributed by atoms with Crippen molar-refractivity contribution in [1.82, 2.24) is 0 Å².